The van der Waals surface area contributed by atoms with Gasteiger partial charge in [0, 0.05) is 7.11 Å². The van der Waals surface area contributed by atoms with Crippen molar-refractivity contribution in [3.8, 4) is 0 Å². The van der Waals surface area contributed by atoms with Gasteiger partial charge in [-0.2, -0.15) is 0 Å². The van der Waals surface area contributed by atoms with Gasteiger partial charge in [-0.3, -0.25) is 0 Å². The minimum absolute atomic E-state index is 0.0521. The molecule has 0 spiro atoms. The fourth-order valence-corrected chi connectivity index (χ4v) is 4.22. The van der Waals surface area contributed by atoms with E-state index in [1.807, 2.05) is 91.0 Å². The Morgan fingerprint density at radius 3 is 1.53 bits per heavy atom. The third-order valence-corrected chi connectivity index (χ3v) is 5.91. The average Bonchev–Trinajstić information content (AvgIpc) is 2.86. The number of aliphatic hydroxyl groups excluding tert-OH is 3. The summed E-state index contributed by atoms with van der Waals surface area (Å²) in [5.41, 5.74) is 1.74. The van der Waals surface area contributed by atoms with Gasteiger partial charge in [0.1, 0.15) is 30.0 Å². The number of hydrogen-bond acceptors (Lipinski definition) is 6. The van der Waals surface area contributed by atoms with E-state index in [0.717, 1.165) is 16.7 Å². The van der Waals surface area contributed by atoms with Crippen molar-refractivity contribution in [3.05, 3.63) is 108 Å². The van der Waals surface area contributed by atoms with E-state index in [-0.39, 0.29) is 6.61 Å². The molecule has 32 heavy (non-hydrogen) atoms. The molecule has 1 aliphatic heterocycles. The molecule has 1 aliphatic rings. The lowest BCUT2D eigenvalue weighted by Gasteiger charge is -2.42. The number of hydrogen-bond donors (Lipinski definition) is 3. The highest BCUT2D eigenvalue weighted by atomic mass is 16.7. The van der Waals surface area contributed by atoms with E-state index >= 15 is 0 Å². The molecule has 0 aromatic heterocycles. The Labute approximate surface area is 187 Å². The van der Waals surface area contributed by atoms with Crippen molar-refractivity contribution >= 4 is 0 Å². The zero-order valence-corrected chi connectivity index (χ0v) is 17.8. The predicted octanol–water partition coefficient (Wildman–Crippen LogP) is 2.45. The van der Waals surface area contributed by atoms with E-state index in [2.05, 4.69) is 0 Å². The van der Waals surface area contributed by atoms with Crippen LogP contribution in [0.5, 0.6) is 0 Å². The van der Waals surface area contributed by atoms with Crippen LogP contribution in [0.3, 0.4) is 0 Å². The normalized spacial score (nSPS) is 26.1. The van der Waals surface area contributed by atoms with E-state index in [1.54, 1.807) is 0 Å². The van der Waals surface area contributed by atoms with Crippen molar-refractivity contribution in [2.24, 2.45) is 0 Å². The Morgan fingerprint density at radius 1 is 0.688 bits per heavy atom. The maximum Gasteiger partial charge on any atom is 0.186 e. The molecule has 0 radical (unpaired) electrons. The zero-order chi connectivity index (χ0) is 22.6. The Hall–Kier alpha value is -2.58. The Bertz CT molecular complexity index is 867. The second-order valence-corrected chi connectivity index (χ2v) is 7.84. The molecular formula is C26H28O6. The summed E-state index contributed by atoms with van der Waals surface area (Å²) in [6.07, 6.45) is -6.08. The summed E-state index contributed by atoms with van der Waals surface area (Å²) in [4.78, 5) is 0. The number of ether oxygens (including phenoxy) is 3. The van der Waals surface area contributed by atoms with Gasteiger partial charge >= 0.3 is 0 Å². The summed E-state index contributed by atoms with van der Waals surface area (Å²) in [6, 6.07) is 29.5. The van der Waals surface area contributed by atoms with Gasteiger partial charge in [-0.05, 0) is 16.7 Å². The van der Waals surface area contributed by atoms with E-state index in [1.165, 1.54) is 7.11 Å². The van der Waals surface area contributed by atoms with Crippen LogP contribution in [0, 0.1) is 0 Å². The SMILES string of the molecule is CO[C@@H]1O[C@H](COC(c2ccccc2)(c2ccccc2)c2ccccc2)[C@@H](O)[C@H](O)[C@H]1O. The van der Waals surface area contributed by atoms with Crippen LogP contribution in [0.25, 0.3) is 0 Å². The molecule has 6 nitrogen and oxygen atoms in total. The van der Waals surface area contributed by atoms with E-state index in [0.29, 0.717) is 0 Å². The summed E-state index contributed by atoms with van der Waals surface area (Å²) in [7, 11) is 1.37. The van der Waals surface area contributed by atoms with Crippen LogP contribution in [0.1, 0.15) is 16.7 Å². The third kappa shape index (κ3) is 4.21. The Kier molecular flexibility index (Phi) is 7.01. The zero-order valence-electron chi connectivity index (χ0n) is 17.8. The maximum atomic E-state index is 10.6. The fraction of sp³-hybridized carbons (Fsp3) is 0.308. The molecule has 0 bridgehead atoms. The van der Waals surface area contributed by atoms with E-state index in [9.17, 15) is 15.3 Å². The van der Waals surface area contributed by atoms with Crippen molar-refractivity contribution in [2.45, 2.75) is 36.3 Å². The maximum absolute atomic E-state index is 10.6. The van der Waals surface area contributed by atoms with Gasteiger partial charge in [0.2, 0.25) is 0 Å². The average molecular weight is 437 g/mol. The molecule has 6 heteroatoms. The summed E-state index contributed by atoms with van der Waals surface area (Å²) in [5.74, 6) is 0. The van der Waals surface area contributed by atoms with Crippen LogP contribution < -0.4 is 0 Å². The van der Waals surface area contributed by atoms with Gasteiger partial charge in [0.25, 0.3) is 0 Å². The lowest BCUT2D eigenvalue weighted by molar-refractivity contribution is -0.299. The molecule has 4 rings (SSSR count). The van der Waals surface area contributed by atoms with Crippen LogP contribution in [-0.4, -0.2) is 59.7 Å². The molecule has 0 saturated carbocycles. The van der Waals surface area contributed by atoms with Crippen molar-refractivity contribution < 1.29 is 29.5 Å². The minimum Gasteiger partial charge on any atom is -0.387 e. The molecule has 1 saturated heterocycles. The fourth-order valence-electron chi connectivity index (χ4n) is 4.22. The van der Waals surface area contributed by atoms with Crippen LogP contribution >= 0.6 is 0 Å². The molecule has 5 atom stereocenters. The first kappa shape index (κ1) is 22.6. The van der Waals surface area contributed by atoms with Gasteiger partial charge in [0.05, 0.1) is 6.61 Å². The topological polar surface area (TPSA) is 88.4 Å². The van der Waals surface area contributed by atoms with Gasteiger partial charge in [-0.1, -0.05) is 91.0 Å². The van der Waals surface area contributed by atoms with Gasteiger partial charge in [-0.25, -0.2) is 0 Å². The molecule has 0 unspecified atom stereocenters. The number of benzene rings is 3. The lowest BCUT2D eigenvalue weighted by atomic mass is 9.80. The van der Waals surface area contributed by atoms with Crippen LogP contribution in [0.15, 0.2) is 91.0 Å². The first-order valence-electron chi connectivity index (χ1n) is 10.6. The summed E-state index contributed by atoms with van der Waals surface area (Å²) in [5, 5.41) is 30.9. The van der Waals surface area contributed by atoms with Crippen LogP contribution in [-0.2, 0) is 19.8 Å². The first-order valence-corrected chi connectivity index (χ1v) is 10.6. The minimum atomic E-state index is -1.41. The van der Waals surface area contributed by atoms with Crippen molar-refractivity contribution in [1.29, 1.82) is 0 Å². The van der Waals surface area contributed by atoms with E-state index < -0.39 is 36.3 Å². The number of rotatable bonds is 7. The molecule has 0 aliphatic carbocycles. The van der Waals surface area contributed by atoms with Crippen LogP contribution in [0.2, 0.25) is 0 Å². The van der Waals surface area contributed by atoms with Crippen molar-refractivity contribution in [3.63, 3.8) is 0 Å². The highest BCUT2D eigenvalue weighted by Gasteiger charge is 2.46. The van der Waals surface area contributed by atoms with Gasteiger partial charge < -0.3 is 29.5 Å². The second-order valence-electron chi connectivity index (χ2n) is 7.84. The highest BCUT2D eigenvalue weighted by molar-refractivity contribution is 5.47. The summed E-state index contributed by atoms with van der Waals surface area (Å²) in [6.45, 7) is -0.0521. The Balaban J connectivity index is 1.77. The lowest BCUT2D eigenvalue weighted by Crippen LogP contribution is -2.59. The molecule has 3 N–H and O–H groups in total. The highest BCUT2D eigenvalue weighted by Crippen LogP contribution is 2.41. The van der Waals surface area contributed by atoms with Gasteiger partial charge in [-0.15, -0.1) is 0 Å². The predicted molar refractivity (Wildman–Crippen MR) is 119 cm³/mol. The Morgan fingerprint density at radius 2 is 1.12 bits per heavy atom. The molecule has 168 valence electrons. The summed E-state index contributed by atoms with van der Waals surface area (Å²) < 4.78 is 17.5. The van der Waals surface area contributed by atoms with Crippen molar-refractivity contribution in [1.82, 2.24) is 0 Å². The first-order chi connectivity index (χ1) is 15.6. The number of methoxy groups -OCH3 is 1. The monoisotopic (exact) mass is 436 g/mol. The second kappa shape index (κ2) is 9.92. The van der Waals surface area contributed by atoms with Gasteiger partial charge in [0.15, 0.2) is 6.29 Å². The standard InChI is InChI=1S/C26H28O6/c1-30-25-24(29)23(28)22(27)21(32-25)17-31-26(18-11-5-2-6-12-18,19-13-7-3-8-14-19)20-15-9-4-10-16-20/h2-16,21-25,27-29H,17H2,1H3/t21-,22-,23+,24-,25-/m1/s1. The largest absolute Gasteiger partial charge is 0.387 e. The molecule has 1 fully saturated rings. The van der Waals surface area contributed by atoms with E-state index in [4.69, 9.17) is 14.2 Å². The molecule has 0 amide bonds. The molecule has 3 aromatic carbocycles. The third-order valence-electron chi connectivity index (χ3n) is 5.91. The quantitative estimate of drug-likeness (QED) is 0.493. The van der Waals surface area contributed by atoms with Crippen LogP contribution in [0.4, 0.5) is 0 Å². The molecule has 3 aromatic rings. The summed E-state index contributed by atoms with van der Waals surface area (Å²) >= 11 is 0. The number of aliphatic hydroxyl groups is 3. The molecule has 1 heterocycles. The molecular weight excluding hydrogens is 408 g/mol. The smallest absolute Gasteiger partial charge is 0.186 e. The van der Waals surface area contributed by atoms with Crippen molar-refractivity contribution in [2.75, 3.05) is 13.7 Å².